The highest BCUT2D eigenvalue weighted by atomic mass is 19.3. The lowest BCUT2D eigenvalue weighted by molar-refractivity contribution is -0.120. The fourth-order valence-electron chi connectivity index (χ4n) is 2.61. The van der Waals surface area contributed by atoms with Crippen molar-refractivity contribution >= 4 is 5.91 Å². The summed E-state index contributed by atoms with van der Waals surface area (Å²) in [5.41, 5.74) is 2.68. The zero-order valence-electron chi connectivity index (χ0n) is 14.5. The summed E-state index contributed by atoms with van der Waals surface area (Å²) < 4.78 is 30.3. The van der Waals surface area contributed by atoms with Crippen molar-refractivity contribution in [1.29, 1.82) is 0 Å². The fraction of sp³-hybridized carbons (Fsp3) is 0.200. The highest BCUT2D eigenvalue weighted by Gasteiger charge is 2.07. The van der Waals surface area contributed by atoms with Crippen LogP contribution in [-0.2, 0) is 17.6 Å². The molecule has 7 heteroatoms. The molecule has 5 nitrogen and oxygen atoms in total. The second-order valence-electron chi connectivity index (χ2n) is 5.93. The highest BCUT2D eigenvalue weighted by molar-refractivity contribution is 5.78. The van der Waals surface area contributed by atoms with Crippen molar-refractivity contribution < 1.29 is 18.3 Å². The van der Waals surface area contributed by atoms with Crippen molar-refractivity contribution in [3.05, 3.63) is 78.1 Å². The Morgan fingerprint density at radius 3 is 2.52 bits per heavy atom. The van der Waals surface area contributed by atoms with Crippen LogP contribution in [0.4, 0.5) is 8.78 Å². The van der Waals surface area contributed by atoms with Gasteiger partial charge in [0.1, 0.15) is 5.75 Å². The molecule has 0 bridgehead atoms. The molecule has 3 aromatic rings. The minimum atomic E-state index is -2.83. The second-order valence-corrected chi connectivity index (χ2v) is 5.93. The predicted molar refractivity (Wildman–Crippen MR) is 97.1 cm³/mol. The molecule has 0 unspecified atom stereocenters. The zero-order chi connectivity index (χ0) is 19.1. The Bertz CT molecular complexity index is 864. The molecule has 0 saturated carbocycles. The van der Waals surface area contributed by atoms with Crippen LogP contribution in [0.25, 0.3) is 5.69 Å². The van der Waals surface area contributed by atoms with Crippen LogP contribution in [0.15, 0.2) is 67.0 Å². The zero-order valence-corrected chi connectivity index (χ0v) is 14.5. The summed E-state index contributed by atoms with van der Waals surface area (Å²) in [5.74, 6) is 0.0217. The van der Waals surface area contributed by atoms with Crippen molar-refractivity contribution in [2.75, 3.05) is 6.54 Å². The summed E-state index contributed by atoms with van der Waals surface area (Å²) in [6.45, 7) is -2.37. The molecular weight excluding hydrogens is 352 g/mol. The van der Waals surface area contributed by atoms with Gasteiger partial charge in [-0.25, -0.2) is 4.68 Å². The molecule has 2 aromatic carbocycles. The van der Waals surface area contributed by atoms with Crippen LogP contribution in [0.2, 0.25) is 0 Å². The summed E-state index contributed by atoms with van der Waals surface area (Å²) >= 11 is 0. The van der Waals surface area contributed by atoms with Gasteiger partial charge in [-0.1, -0.05) is 30.3 Å². The van der Waals surface area contributed by atoms with Crippen molar-refractivity contribution in [1.82, 2.24) is 15.1 Å². The van der Waals surface area contributed by atoms with Gasteiger partial charge in [-0.05, 0) is 41.8 Å². The van der Waals surface area contributed by atoms with E-state index in [4.69, 9.17) is 0 Å². The maximum atomic E-state index is 12.1. The number of nitrogens with one attached hydrogen (secondary N) is 1. The van der Waals surface area contributed by atoms with Gasteiger partial charge in [0, 0.05) is 12.7 Å². The molecule has 0 aliphatic carbocycles. The Labute approximate surface area is 155 Å². The van der Waals surface area contributed by atoms with Crippen LogP contribution in [0.5, 0.6) is 5.75 Å². The van der Waals surface area contributed by atoms with Crippen molar-refractivity contribution in [3.8, 4) is 11.4 Å². The van der Waals surface area contributed by atoms with E-state index in [1.54, 1.807) is 23.0 Å². The quantitative estimate of drug-likeness (QED) is 0.661. The Hall–Kier alpha value is -3.22. The van der Waals surface area contributed by atoms with Gasteiger partial charge in [0.2, 0.25) is 5.91 Å². The molecule has 3 rings (SSSR count). The molecule has 0 fully saturated rings. The first-order valence-electron chi connectivity index (χ1n) is 8.49. The SMILES string of the molecule is O=C(Cc1cnn(-c2ccccc2)c1)NCCc1ccc(OC(F)F)cc1. The molecule has 1 aromatic heterocycles. The predicted octanol–water partition coefficient (Wildman–Crippen LogP) is 3.38. The second kappa shape index (κ2) is 8.93. The van der Waals surface area contributed by atoms with Crippen LogP contribution >= 0.6 is 0 Å². The first-order chi connectivity index (χ1) is 13.1. The standard InChI is InChI=1S/C20H19F2N3O2/c21-20(22)27-18-8-6-15(7-9-18)10-11-23-19(26)12-16-13-24-25(14-16)17-4-2-1-3-5-17/h1-9,13-14,20H,10-12H2,(H,23,26). The van der Waals surface area contributed by atoms with Gasteiger partial charge < -0.3 is 10.1 Å². The topological polar surface area (TPSA) is 56.2 Å². The normalized spacial score (nSPS) is 10.8. The highest BCUT2D eigenvalue weighted by Crippen LogP contribution is 2.15. The van der Waals surface area contributed by atoms with E-state index in [1.165, 1.54) is 12.1 Å². The Balaban J connectivity index is 1.44. The summed E-state index contributed by atoms with van der Waals surface area (Å²) in [6, 6.07) is 16.0. The number of ether oxygens (including phenoxy) is 1. The number of halogens is 2. The van der Waals surface area contributed by atoms with Crippen LogP contribution in [0.3, 0.4) is 0 Å². The molecule has 0 spiro atoms. The minimum Gasteiger partial charge on any atom is -0.435 e. The smallest absolute Gasteiger partial charge is 0.387 e. The molecular formula is C20H19F2N3O2. The van der Waals surface area contributed by atoms with E-state index in [0.29, 0.717) is 13.0 Å². The van der Waals surface area contributed by atoms with Crippen molar-refractivity contribution in [2.24, 2.45) is 0 Å². The molecule has 0 aliphatic rings. The number of hydrogen-bond acceptors (Lipinski definition) is 3. The van der Waals surface area contributed by atoms with E-state index in [2.05, 4.69) is 15.2 Å². The van der Waals surface area contributed by atoms with Crippen LogP contribution < -0.4 is 10.1 Å². The number of para-hydroxylation sites is 1. The number of carbonyl (C=O) groups is 1. The monoisotopic (exact) mass is 371 g/mol. The third-order valence-corrected chi connectivity index (χ3v) is 3.91. The van der Waals surface area contributed by atoms with E-state index < -0.39 is 6.61 Å². The lowest BCUT2D eigenvalue weighted by atomic mass is 10.1. The number of aromatic nitrogens is 2. The van der Waals surface area contributed by atoms with Gasteiger partial charge in [-0.3, -0.25) is 4.79 Å². The number of amides is 1. The summed E-state index contributed by atoms with van der Waals surface area (Å²) in [7, 11) is 0. The van der Waals surface area contributed by atoms with Gasteiger partial charge in [0.05, 0.1) is 18.3 Å². The average molecular weight is 371 g/mol. The molecule has 1 amide bonds. The van der Waals surface area contributed by atoms with E-state index in [0.717, 1.165) is 16.8 Å². The van der Waals surface area contributed by atoms with E-state index >= 15 is 0 Å². The number of alkyl halides is 2. The molecule has 0 saturated heterocycles. The van der Waals surface area contributed by atoms with Gasteiger partial charge >= 0.3 is 6.61 Å². The molecule has 0 radical (unpaired) electrons. The Morgan fingerprint density at radius 2 is 1.81 bits per heavy atom. The third-order valence-electron chi connectivity index (χ3n) is 3.91. The van der Waals surface area contributed by atoms with Crippen LogP contribution in [0.1, 0.15) is 11.1 Å². The van der Waals surface area contributed by atoms with Gasteiger partial charge in [0.25, 0.3) is 0 Å². The number of hydrogen-bond donors (Lipinski definition) is 1. The van der Waals surface area contributed by atoms with Gasteiger partial charge in [-0.2, -0.15) is 13.9 Å². The molecule has 0 atom stereocenters. The Kier molecular flexibility index (Phi) is 6.14. The summed E-state index contributed by atoms with van der Waals surface area (Å²) in [4.78, 5) is 12.1. The number of nitrogens with zero attached hydrogens (tertiary/aromatic N) is 2. The van der Waals surface area contributed by atoms with Crippen molar-refractivity contribution in [2.45, 2.75) is 19.5 Å². The molecule has 27 heavy (non-hydrogen) atoms. The summed E-state index contributed by atoms with van der Waals surface area (Å²) in [6.07, 6.45) is 4.35. The molecule has 1 N–H and O–H groups in total. The van der Waals surface area contributed by atoms with Crippen molar-refractivity contribution in [3.63, 3.8) is 0 Å². The van der Waals surface area contributed by atoms with E-state index in [9.17, 15) is 13.6 Å². The van der Waals surface area contributed by atoms with Crippen LogP contribution in [-0.4, -0.2) is 28.8 Å². The largest absolute Gasteiger partial charge is 0.435 e. The van der Waals surface area contributed by atoms with Gasteiger partial charge in [0.15, 0.2) is 0 Å². The van der Waals surface area contributed by atoms with Gasteiger partial charge in [-0.15, -0.1) is 0 Å². The Morgan fingerprint density at radius 1 is 1.07 bits per heavy atom. The lowest BCUT2D eigenvalue weighted by Gasteiger charge is -2.07. The molecule has 1 heterocycles. The summed E-state index contributed by atoms with van der Waals surface area (Å²) in [5, 5.41) is 7.12. The fourth-order valence-corrected chi connectivity index (χ4v) is 2.61. The average Bonchev–Trinajstić information content (AvgIpc) is 3.12. The maximum absolute atomic E-state index is 12.1. The maximum Gasteiger partial charge on any atom is 0.387 e. The lowest BCUT2D eigenvalue weighted by Crippen LogP contribution is -2.27. The first kappa shape index (κ1) is 18.6. The van der Waals surface area contributed by atoms with E-state index in [-0.39, 0.29) is 18.1 Å². The molecule has 140 valence electrons. The number of benzene rings is 2. The van der Waals surface area contributed by atoms with E-state index in [1.807, 2.05) is 36.5 Å². The molecule has 0 aliphatic heterocycles. The third kappa shape index (κ3) is 5.64. The minimum absolute atomic E-state index is 0.0970. The van der Waals surface area contributed by atoms with Crippen LogP contribution in [0, 0.1) is 0 Å². The number of rotatable bonds is 8. The first-order valence-corrected chi connectivity index (χ1v) is 8.49. The number of carbonyl (C=O) groups excluding carboxylic acids is 1.